The van der Waals surface area contributed by atoms with Crippen LogP contribution in [0.25, 0.3) is 0 Å². The van der Waals surface area contributed by atoms with Crippen molar-refractivity contribution in [3.05, 3.63) is 48.6 Å². The van der Waals surface area contributed by atoms with Crippen molar-refractivity contribution in [1.29, 1.82) is 0 Å². The lowest BCUT2D eigenvalue weighted by molar-refractivity contribution is 1.48. The zero-order chi connectivity index (χ0) is 7.98. The molecule has 0 saturated carbocycles. The average Bonchev–Trinajstić information content (AvgIpc) is 2.00. The first-order valence-electron chi connectivity index (χ1n) is 3.38. The summed E-state index contributed by atoms with van der Waals surface area (Å²) >= 11 is 0. The molecule has 0 aliphatic carbocycles. The molecular weight excluding hydrogens is 120 g/mol. The molecule has 0 heterocycles. The van der Waals surface area contributed by atoms with E-state index >= 15 is 0 Å². The molecule has 0 bridgehead atoms. The van der Waals surface area contributed by atoms with E-state index in [-0.39, 0.29) is 0 Å². The molecule has 0 unspecified atom stereocenters. The van der Waals surface area contributed by atoms with Gasteiger partial charge in [-0.15, -0.1) is 0 Å². The Bertz CT molecular complexity index is 158. The SMILES string of the molecule is C=CC(=CC)C(C=C)=CC. The van der Waals surface area contributed by atoms with E-state index in [0.29, 0.717) is 0 Å². The predicted molar refractivity (Wildman–Crippen MR) is 47.9 cm³/mol. The fourth-order valence-corrected chi connectivity index (χ4v) is 0.805. The Balaban J connectivity index is 4.58. The summed E-state index contributed by atoms with van der Waals surface area (Å²) < 4.78 is 0. The highest BCUT2D eigenvalue weighted by Crippen LogP contribution is 2.10. The van der Waals surface area contributed by atoms with Crippen LogP contribution in [0, 0.1) is 0 Å². The highest BCUT2D eigenvalue weighted by Gasteiger charge is 1.91. The molecule has 0 spiro atoms. The van der Waals surface area contributed by atoms with Crippen LogP contribution < -0.4 is 0 Å². The van der Waals surface area contributed by atoms with Crippen molar-refractivity contribution in [2.24, 2.45) is 0 Å². The highest BCUT2D eigenvalue weighted by atomic mass is 14.0. The Hall–Kier alpha value is -1.04. The van der Waals surface area contributed by atoms with Gasteiger partial charge in [0.15, 0.2) is 0 Å². The van der Waals surface area contributed by atoms with Gasteiger partial charge in [-0.1, -0.05) is 37.5 Å². The van der Waals surface area contributed by atoms with Crippen molar-refractivity contribution in [1.82, 2.24) is 0 Å². The van der Waals surface area contributed by atoms with Gasteiger partial charge in [0.1, 0.15) is 0 Å². The summed E-state index contributed by atoms with van der Waals surface area (Å²) in [5.41, 5.74) is 2.27. The molecule has 10 heavy (non-hydrogen) atoms. The van der Waals surface area contributed by atoms with E-state index in [1.807, 2.05) is 38.2 Å². The molecule has 0 heteroatoms. The monoisotopic (exact) mass is 134 g/mol. The van der Waals surface area contributed by atoms with Crippen LogP contribution in [0.2, 0.25) is 0 Å². The quantitative estimate of drug-likeness (QED) is 0.520. The largest absolute Gasteiger partial charge is 0.0985 e. The molecule has 0 radical (unpaired) electrons. The van der Waals surface area contributed by atoms with Crippen molar-refractivity contribution in [3.63, 3.8) is 0 Å². The number of allylic oxidation sites excluding steroid dienone is 6. The molecule has 0 N–H and O–H groups in total. The lowest BCUT2D eigenvalue weighted by Crippen LogP contribution is -1.79. The maximum Gasteiger partial charge on any atom is -0.0236 e. The summed E-state index contributed by atoms with van der Waals surface area (Å²) in [5, 5.41) is 0. The van der Waals surface area contributed by atoms with Gasteiger partial charge >= 0.3 is 0 Å². The predicted octanol–water partition coefficient (Wildman–Crippen LogP) is 3.25. The zero-order valence-corrected chi connectivity index (χ0v) is 6.72. The minimum absolute atomic E-state index is 1.14. The maximum atomic E-state index is 3.69. The molecule has 0 fully saturated rings. The first-order chi connectivity index (χ1) is 4.79. The Morgan fingerprint density at radius 3 is 1.30 bits per heavy atom. The third kappa shape index (κ3) is 2.06. The number of rotatable bonds is 3. The van der Waals surface area contributed by atoms with Crippen LogP contribution in [0.1, 0.15) is 13.8 Å². The second-order valence-electron chi connectivity index (χ2n) is 1.90. The minimum atomic E-state index is 1.14. The number of hydrogen-bond acceptors (Lipinski definition) is 0. The Morgan fingerprint density at radius 1 is 0.900 bits per heavy atom. The third-order valence-corrected chi connectivity index (χ3v) is 1.40. The van der Waals surface area contributed by atoms with E-state index in [9.17, 15) is 0 Å². The summed E-state index contributed by atoms with van der Waals surface area (Å²) in [6.07, 6.45) is 7.70. The fraction of sp³-hybridized carbons (Fsp3) is 0.200. The molecule has 0 nitrogen and oxygen atoms in total. The topological polar surface area (TPSA) is 0 Å². The second kappa shape index (κ2) is 4.80. The van der Waals surface area contributed by atoms with Gasteiger partial charge in [-0.05, 0) is 25.0 Å². The Kier molecular flexibility index (Phi) is 4.30. The molecule has 0 aliphatic heterocycles. The van der Waals surface area contributed by atoms with E-state index in [4.69, 9.17) is 0 Å². The van der Waals surface area contributed by atoms with Crippen molar-refractivity contribution in [3.8, 4) is 0 Å². The van der Waals surface area contributed by atoms with Crippen molar-refractivity contribution in [2.45, 2.75) is 13.8 Å². The van der Waals surface area contributed by atoms with E-state index in [2.05, 4.69) is 13.2 Å². The molecule has 0 aliphatic rings. The molecule has 0 rings (SSSR count). The summed E-state index contributed by atoms with van der Waals surface area (Å²) in [6, 6.07) is 0. The molecule has 0 aromatic carbocycles. The van der Waals surface area contributed by atoms with E-state index in [1.165, 1.54) is 0 Å². The van der Waals surface area contributed by atoms with Crippen molar-refractivity contribution >= 4 is 0 Å². The molecule has 0 aromatic heterocycles. The van der Waals surface area contributed by atoms with Crippen LogP contribution >= 0.6 is 0 Å². The molecule has 0 amide bonds. The standard InChI is InChI=1S/C10H14/c1-5-9(6-2)10(7-3)8-4/h5-8H,1,3H2,2,4H3. The maximum absolute atomic E-state index is 3.69. The molecule has 0 atom stereocenters. The Labute approximate surface area is 63.3 Å². The highest BCUT2D eigenvalue weighted by molar-refractivity contribution is 5.44. The van der Waals surface area contributed by atoms with E-state index in [0.717, 1.165) is 11.1 Å². The van der Waals surface area contributed by atoms with Gasteiger partial charge in [-0.3, -0.25) is 0 Å². The lowest BCUT2D eigenvalue weighted by atomic mass is 10.1. The van der Waals surface area contributed by atoms with Crippen LogP contribution in [-0.4, -0.2) is 0 Å². The average molecular weight is 134 g/mol. The molecule has 0 aromatic rings. The van der Waals surface area contributed by atoms with Crippen molar-refractivity contribution in [2.75, 3.05) is 0 Å². The van der Waals surface area contributed by atoms with Gasteiger partial charge in [0.25, 0.3) is 0 Å². The normalized spacial score (nSPS) is 13.0. The van der Waals surface area contributed by atoms with Crippen LogP contribution in [-0.2, 0) is 0 Å². The van der Waals surface area contributed by atoms with Gasteiger partial charge in [-0.25, -0.2) is 0 Å². The first-order valence-corrected chi connectivity index (χ1v) is 3.38. The summed E-state index contributed by atoms with van der Waals surface area (Å²) in [5.74, 6) is 0. The summed E-state index contributed by atoms with van der Waals surface area (Å²) in [7, 11) is 0. The van der Waals surface area contributed by atoms with Gasteiger partial charge in [-0.2, -0.15) is 0 Å². The fourth-order valence-electron chi connectivity index (χ4n) is 0.805. The Morgan fingerprint density at radius 2 is 1.20 bits per heavy atom. The zero-order valence-electron chi connectivity index (χ0n) is 6.72. The summed E-state index contributed by atoms with van der Waals surface area (Å²) in [6.45, 7) is 11.4. The van der Waals surface area contributed by atoms with Gasteiger partial charge < -0.3 is 0 Å². The molecule has 0 saturated heterocycles. The van der Waals surface area contributed by atoms with Crippen LogP contribution in [0.3, 0.4) is 0 Å². The second-order valence-corrected chi connectivity index (χ2v) is 1.90. The minimum Gasteiger partial charge on any atom is -0.0985 e. The smallest absolute Gasteiger partial charge is 0.0236 e. The van der Waals surface area contributed by atoms with Gasteiger partial charge in [0, 0.05) is 0 Å². The van der Waals surface area contributed by atoms with Gasteiger partial charge in [0.05, 0.1) is 0 Å². The molecule has 54 valence electrons. The van der Waals surface area contributed by atoms with Crippen LogP contribution in [0.4, 0.5) is 0 Å². The van der Waals surface area contributed by atoms with Crippen molar-refractivity contribution < 1.29 is 0 Å². The third-order valence-electron chi connectivity index (χ3n) is 1.40. The lowest BCUT2D eigenvalue weighted by Gasteiger charge is -1.98. The molecular formula is C10H14. The summed E-state index contributed by atoms with van der Waals surface area (Å²) in [4.78, 5) is 0. The van der Waals surface area contributed by atoms with Crippen LogP contribution in [0.15, 0.2) is 48.6 Å². The number of hydrogen-bond donors (Lipinski definition) is 0. The van der Waals surface area contributed by atoms with E-state index < -0.39 is 0 Å². The van der Waals surface area contributed by atoms with Crippen LogP contribution in [0.5, 0.6) is 0 Å². The van der Waals surface area contributed by atoms with Gasteiger partial charge in [0.2, 0.25) is 0 Å². The van der Waals surface area contributed by atoms with E-state index in [1.54, 1.807) is 0 Å². The first kappa shape index (κ1) is 8.96.